The molecule has 6 nitrogen and oxygen atoms in total. The van der Waals surface area contributed by atoms with Crippen LogP contribution >= 0.6 is 0 Å². The fourth-order valence-electron chi connectivity index (χ4n) is 5.96. The van der Waals surface area contributed by atoms with Crippen molar-refractivity contribution >= 4 is 17.9 Å². The lowest BCUT2D eigenvalue weighted by Gasteiger charge is -2.49. The van der Waals surface area contributed by atoms with E-state index < -0.39 is 5.97 Å². The Balaban J connectivity index is 1.69. The lowest BCUT2D eigenvalue weighted by atomic mass is 9.55. The van der Waals surface area contributed by atoms with E-state index in [0.717, 1.165) is 49.0 Å². The van der Waals surface area contributed by atoms with Crippen molar-refractivity contribution in [3.05, 3.63) is 35.1 Å². The van der Waals surface area contributed by atoms with Gasteiger partial charge in [-0.2, -0.15) is 0 Å². The third kappa shape index (κ3) is 3.53. The summed E-state index contributed by atoms with van der Waals surface area (Å²) < 4.78 is 16.4. The molecule has 3 aliphatic carbocycles. The summed E-state index contributed by atoms with van der Waals surface area (Å²) >= 11 is 0. The molecule has 1 aromatic carbocycles. The number of carbonyl (C=O) groups is 3. The highest BCUT2D eigenvalue weighted by atomic mass is 16.5. The maximum atomic E-state index is 11.8. The van der Waals surface area contributed by atoms with Gasteiger partial charge in [-0.15, -0.1) is 0 Å². The minimum atomic E-state index is -0.402. The van der Waals surface area contributed by atoms with Gasteiger partial charge in [0.2, 0.25) is 0 Å². The molecule has 1 fully saturated rings. The zero-order valence-electron chi connectivity index (χ0n) is 17.9. The van der Waals surface area contributed by atoms with Crippen LogP contribution in [0.15, 0.2) is 24.0 Å². The third-order valence-corrected chi connectivity index (χ3v) is 7.03. The minimum absolute atomic E-state index is 0.135. The average Bonchev–Trinajstić information content (AvgIpc) is 2.96. The Kier molecular flexibility index (Phi) is 5.20. The maximum Gasteiger partial charge on any atom is 0.308 e. The molecule has 6 heteroatoms. The topological polar surface area (TPSA) is 78.9 Å². The summed E-state index contributed by atoms with van der Waals surface area (Å²) in [4.78, 5) is 34.8. The normalized spacial score (nSPS) is 29.1. The second-order valence-electron chi connectivity index (χ2n) is 8.95. The molecule has 30 heavy (non-hydrogen) atoms. The second kappa shape index (κ2) is 7.56. The van der Waals surface area contributed by atoms with E-state index in [-0.39, 0.29) is 23.3 Å². The second-order valence-corrected chi connectivity index (χ2v) is 8.95. The van der Waals surface area contributed by atoms with Crippen LogP contribution < -0.4 is 9.47 Å². The SMILES string of the molecule is CC(=O)OC1=CC[C@H]2[C@H]3CCc4cc(OC(C)=O)cc(OC(C)=O)c4[C@H]3CC[C@]12C. The molecule has 160 valence electrons. The number of fused-ring (bicyclic) bond motifs is 5. The molecule has 1 saturated carbocycles. The first-order valence-corrected chi connectivity index (χ1v) is 10.6. The smallest absolute Gasteiger partial charge is 0.308 e. The van der Waals surface area contributed by atoms with Crippen molar-refractivity contribution in [1.82, 2.24) is 0 Å². The monoisotopic (exact) mass is 412 g/mol. The van der Waals surface area contributed by atoms with E-state index in [0.29, 0.717) is 23.3 Å². The maximum absolute atomic E-state index is 11.8. The standard InChI is InChI=1S/C24H28O6/c1-13(25)28-17-11-16-5-6-18-19(23(16)21(12-17)29-14(2)26)9-10-24(4)20(18)7-8-22(24)30-15(3)27/h8,11-12,18-20H,5-7,9-10H2,1-4H3/t18-,19-,20-,24-/m0/s1. The summed E-state index contributed by atoms with van der Waals surface area (Å²) in [5.74, 6) is 1.73. The molecule has 0 aromatic heterocycles. The largest absolute Gasteiger partial charge is 0.431 e. The molecule has 0 bridgehead atoms. The first-order chi connectivity index (χ1) is 14.2. The van der Waals surface area contributed by atoms with E-state index in [1.807, 2.05) is 6.07 Å². The van der Waals surface area contributed by atoms with Crippen LogP contribution in [0.4, 0.5) is 0 Å². The van der Waals surface area contributed by atoms with Gasteiger partial charge in [0.15, 0.2) is 0 Å². The molecule has 0 radical (unpaired) electrons. The van der Waals surface area contributed by atoms with Crippen LogP contribution in [0.25, 0.3) is 0 Å². The zero-order valence-corrected chi connectivity index (χ0v) is 17.9. The molecule has 3 aliphatic rings. The van der Waals surface area contributed by atoms with Crippen LogP contribution in [0.2, 0.25) is 0 Å². The van der Waals surface area contributed by atoms with E-state index in [9.17, 15) is 14.4 Å². The van der Waals surface area contributed by atoms with Gasteiger partial charge in [0.1, 0.15) is 17.3 Å². The van der Waals surface area contributed by atoms with Crippen LogP contribution in [0, 0.1) is 17.3 Å². The van der Waals surface area contributed by atoms with Gasteiger partial charge in [-0.05, 0) is 67.6 Å². The van der Waals surface area contributed by atoms with Gasteiger partial charge < -0.3 is 14.2 Å². The molecule has 0 heterocycles. The van der Waals surface area contributed by atoms with Gasteiger partial charge in [0, 0.05) is 37.8 Å². The fourth-order valence-corrected chi connectivity index (χ4v) is 5.96. The highest BCUT2D eigenvalue weighted by Gasteiger charge is 2.53. The van der Waals surface area contributed by atoms with Crippen LogP contribution in [-0.2, 0) is 25.5 Å². The van der Waals surface area contributed by atoms with Crippen molar-refractivity contribution in [2.75, 3.05) is 0 Å². The third-order valence-electron chi connectivity index (χ3n) is 7.03. The molecular weight excluding hydrogens is 384 g/mol. The Morgan fingerprint density at radius 1 is 0.967 bits per heavy atom. The Hall–Kier alpha value is -2.63. The Bertz CT molecular complexity index is 945. The van der Waals surface area contributed by atoms with Gasteiger partial charge in [-0.3, -0.25) is 14.4 Å². The van der Waals surface area contributed by atoms with Gasteiger partial charge in [0.25, 0.3) is 0 Å². The molecule has 0 saturated heterocycles. The molecule has 0 amide bonds. The lowest BCUT2D eigenvalue weighted by molar-refractivity contribution is -0.139. The van der Waals surface area contributed by atoms with Crippen LogP contribution in [0.5, 0.6) is 11.5 Å². The van der Waals surface area contributed by atoms with Crippen molar-refractivity contribution in [2.45, 2.75) is 65.7 Å². The number of hydrogen-bond acceptors (Lipinski definition) is 6. The zero-order chi connectivity index (χ0) is 21.6. The van der Waals surface area contributed by atoms with E-state index in [4.69, 9.17) is 14.2 Å². The van der Waals surface area contributed by atoms with E-state index in [2.05, 4.69) is 13.0 Å². The predicted molar refractivity (Wildman–Crippen MR) is 109 cm³/mol. The quantitative estimate of drug-likeness (QED) is 0.539. The van der Waals surface area contributed by atoms with E-state index in [1.54, 1.807) is 6.07 Å². The Morgan fingerprint density at radius 2 is 1.67 bits per heavy atom. The Morgan fingerprint density at radius 3 is 2.33 bits per heavy atom. The van der Waals surface area contributed by atoms with Crippen LogP contribution in [-0.4, -0.2) is 17.9 Å². The van der Waals surface area contributed by atoms with Gasteiger partial charge in [-0.25, -0.2) is 0 Å². The predicted octanol–water partition coefficient (Wildman–Crippen LogP) is 4.45. The van der Waals surface area contributed by atoms with Gasteiger partial charge in [0.05, 0.1) is 0 Å². The van der Waals surface area contributed by atoms with Crippen molar-refractivity contribution < 1.29 is 28.6 Å². The highest BCUT2D eigenvalue weighted by Crippen LogP contribution is 2.62. The number of hydrogen-bond donors (Lipinski definition) is 0. The summed E-state index contributed by atoms with van der Waals surface area (Å²) in [6.07, 6.45) is 6.63. The molecule has 0 spiro atoms. The number of benzene rings is 1. The first kappa shape index (κ1) is 20.6. The summed E-state index contributed by atoms with van der Waals surface area (Å²) in [7, 11) is 0. The number of allylic oxidation sites excluding steroid dienone is 2. The van der Waals surface area contributed by atoms with Crippen LogP contribution in [0.1, 0.15) is 70.4 Å². The van der Waals surface area contributed by atoms with Crippen molar-refractivity contribution in [2.24, 2.45) is 17.3 Å². The molecule has 0 unspecified atom stereocenters. The molecular formula is C24H28O6. The molecule has 0 aliphatic heterocycles. The first-order valence-electron chi connectivity index (χ1n) is 10.6. The van der Waals surface area contributed by atoms with Crippen LogP contribution in [0.3, 0.4) is 0 Å². The van der Waals surface area contributed by atoms with E-state index in [1.165, 1.54) is 20.8 Å². The van der Waals surface area contributed by atoms with E-state index >= 15 is 0 Å². The highest BCUT2D eigenvalue weighted by molar-refractivity contribution is 5.72. The molecule has 1 aromatic rings. The number of rotatable bonds is 3. The Labute approximate surface area is 176 Å². The van der Waals surface area contributed by atoms with Gasteiger partial charge in [-0.1, -0.05) is 6.92 Å². The molecule has 4 atom stereocenters. The molecule has 4 rings (SSSR count). The van der Waals surface area contributed by atoms with Crippen molar-refractivity contribution in [3.63, 3.8) is 0 Å². The number of esters is 3. The van der Waals surface area contributed by atoms with Gasteiger partial charge >= 0.3 is 17.9 Å². The number of ether oxygens (including phenoxy) is 3. The van der Waals surface area contributed by atoms with Crippen molar-refractivity contribution in [1.29, 1.82) is 0 Å². The average molecular weight is 412 g/mol. The summed E-state index contributed by atoms with van der Waals surface area (Å²) in [6.45, 7) is 6.40. The summed E-state index contributed by atoms with van der Waals surface area (Å²) in [5, 5.41) is 0. The molecule has 0 N–H and O–H groups in total. The fraction of sp³-hybridized carbons (Fsp3) is 0.542. The number of aryl methyl sites for hydroxylation is 1. The number of carbonyl (C=O) groups excluding carboxylic acids is 3. The summed E-state index contributed by atoms with van der Waals surface area (Å²) in [5.41, 5.74) is 2.02. The summed E-state index contributed by atoms with van der Waals surface area (Å²) in [6, 6.07) is 3.57. The van der Waals surface area contributed by atoms with Crippen molar-refractivity contribution in [3.8, 4) is 11.5 Å². The lowest BCUT2D eigenvalue weighted by Crippen LogP contribution is -2.42. The minimum Gasteiger partial charge on any atom is -0.431 e.